The molecular weight excluding hydrogens is 462 g/mol. The Morgan fingerprint density at radius 1 is 1.23 bits per heavy atom. The minimum absolute atomic E-state index is 0.112. The summed E-state index contributed by atoms with van der Waals surface area (Å²) in [5.74, 6) is -1.13. The predicted molar refractivity (Wildman–Crippen MR) is 119 cm³/mol. The van der Waals surface area contributed by atoms with E-state index in [0.29, 0.717) is 21.1 Å². The van der Waals surface area contributed by atoms with E-state index in [2.05, 4.69) is 4.99 Å². The minimum atomic E-state index is -0.765. The van der Waals surface area contributed by atoms with Gasteiger partial charge in [-0.05, 0) is 42.8 Å². The lowest BCUT2D eigenvalue weighted by Crippen LogP contribution is -2.39. The third kappa shape index (κ3) is 3.84. The molecule has 2 heterocycles. The number of carbonyl (C=O) groups excluding carboxylic acids is 1. The molecular formula is C22H15Cl2FN2O3S. The van der Waals surface area contributed by atoms with Gasteiger partial charge in [0.2, 0.25) is 0 Å². The number of hydrogen-bond acceptors (Lipinski definition) is 5. The summed E-state index contributed by atoms with van der Waals surface area (Å²) < 4.78 is 20.9. The Bertz CT molecular complexity index is 1390. The van der Waals surface area contributed by atoms with Gasteiger partial charge in [0.25, 0.3) is 5.56 Å². The number of rotatable bonds is 3. The highest BCUT2D eigenvalue weighted by atomic mass is 35.5. The molecule has 0 saturated carbocycles. The number of methoxy groups -OCH3 is 1. The van der Waals surface area contributed by atoms with Crippen molar-refractivity contribution in [3.8, 4) is 0 Å². The molecule has 0 bridgehead atoms. The Labute approximate surface area is 190 Å². The van der Waals surface area contributed by atoms with Crippen LogP contribution >= 0.6 is 34.5 Å². The second-order valence-corrected chi connectivity index (χ2v) is 8.61. The largest absolute Gasteiger partial charge is 0.466 e. The Hall–Kier alpha value is -2.74. The highest BCUT2D eigenvalue weighted by Crippen LogP contribution is 2.31. The van der Waals surface area contributed by atoms with Crippen LogP contribution < -0.4 is 14.9 Å². The second kappa shape index (κ2) is 8.42. The van der Waals surface area contributed by atoms with Gasteiger partial charge >= 0.3 is 5.97 Å². The summed E-state index contributed by atoms with van der Waals surface area (Å²) in [4.78, 5) is 30.8. The lowest BCUT2D eigenvalue weighted by atomic mass is 9.96. The molecule has 1 aliphatic rings. The van der Waals surface area contributed by atoms with Crippen LogP contribution in [0.3, 0.4) is 0 Å². The number of hydrogen-bond donors (Lipinski definition) is 0. The average molecular weight is 477 g/mol. The molecule has 5 nitrogen and oxygen atoms in total. The number of benzene rings is 2. The highest BCUT2D eigenvalue weighted by Gasteiger charge is 2.33. The van der Waals surface area contributed by atoms with Crippen molar-refractivity contribution in [2.75, 3.05) is 7.11 Å². The Kier molecular flexibility index (Phi) is 5.83. The number of halogens is 3. The zero-order chi connectivity index (χ0) is 22.3. The molecule has 1 aliphatic heterocycles. The maximum atomic E-state index is 14.3. The first-order valence-corrected chi connectivity index (χ1v) is 10.7. The molecule has 4 rings (SSSR count). The van der Waals surface area contributed by atoms with Gasteiger partial charge in [-0.25, -0.2) is 14.2 Å². The fraction of sp³-hybridized carbons (Fsp3) is 0.136. The molecule has 9 heteroatoms. The summed E-state index contributed by atoms with van der Waals surface area (Å²) in [6, 6.07) is 10.4. The van der Waals surface area contributed by atoms with E-state index in [1.165, 1.54) is 29.9 Å². The van der Waals surface area contributed by atoms with Gasteiger partial charge < -0.3 is 4.74 Å². The highest BCUT2D eigenvalue weighted by molar-refractivity contribution is 7.07. The maximum Gasteiger partial charge on any atom is 0.338 e. The monoisotopic (exact) mass is 476 g/mol. The molecule has 158 valence electrons. The number of fused-ring (bicyclic) bond motifs is 1. The van der Waals surface area contributed by atoms with Crippen LogP contribution in [-0.4, -0.2) is 17.6 Å². The standard InChI is InChI=1S/C22H15Cl2FN2O3S/c1-11-18(21(29)30-2)19(12-6-8-13(23)9-7-12)27-20(28)17(31-22(27)26-11)10-14-15(24)4-3-5-16(14)25/h3-10,19H,1-2H3/b17-10-. The molecule has 1 unspecified atom stereocenters. The molecule has 1 aromatic heterocycles. The summed E-state index contributed by atoms with van der Waals surface area (Å²) in [5, 5.41) is 0.706. The van der Waals surface area contributed by atoms with Crippen molar-refractivity contribution in [3.05, 3.63) is 100 Å². The minimum Gasteiger partial charge on any atom is -0.466 e. The number of carbonyl (C=O) groups is 1. The zero-order valence-corrected chi connectivity index (χ0v) is 18.7. The van der Waals surface area contributed by atoms with Crippen LogP contribution in [0.4, 0.5) is 4.39 Å². The first-order chi connectivity index (χ1) is 14.8. The Morgan fingerprint density at radius 3 is 2.58 bits per heavy atom. The van der Waals surface area contributed by atoms with Crippen LogP contribution in [0.5, 0.6) is 0 Å². The van der Waals surface area contributed by atoms with Crippen molar-refractivity contribution >= 4 is 46.6 Å². The van der Waals surface area contributed by atoms with E-state index in [1.807, 2.05) is 0 Å². The van der Waals surface area contributed by atoms with E-state index in [9.17, 15) is 14.0 Å². The van der Waals surface area contributed by atoms with Gasteiger partial charge in [0.05, 0.1) is 34.0 Å². The quantitative estimate of drug-likeness (QED) is 0.539. The SMILES string of the molecule is COC(=O)C1=C(C)N=c2s/c(=C\c3c(F)cccc3Cl)c(=O)n2C1c1ccc(Cl)cc1. The molecule has 0 radical (unpaired) electrons. The van der Waals surface area contributed by atoms with Gasteiger partial charge in [0.15, 0.2) is 4.80 Å². The van der Waals surface area contributed by atoms with Gasteiger partial charge in [-0.3, -0.25) is 9.36 Å². The molecule has 0 aliphatic carbocycles. The lowest BCUT2D eigenvalue weighted by molar-refractivity contribution is -0.136. The van der Waals surface area contributed by atoms with Crippen molar-refractivity contribution in [1.29, 1.82) is 0 Å². The zero-order valence-electron chi connectivity index (χ0n) is 16.4. The van der Waals surface area contributed by atoms with E-state index in [4.69, 9.17) is 27.9 Å². The van der Waals surface area contributed by atoms with Crippen LogP contribution in [0.25, 0.3) is 6.08 Å². The summed E-state index contributed by atoms with van der Waals surface area (Å²) >= 11 is 13.2. The number of aromatic nitrogens is 1. The molecule has 0 spiro atoms. The van der Waals surface area contributed by atoms with Gasteiger partial charge in [-0.2, -0.15) is 0 Å². The number of allylic oxidation sites excluding steroid dienone is 1. The summed E-state index contributed by atoms with van der Waals surface area (Å²) in [7, 11) is 1.27. The van der Waals surface area contributed by atoms with Crippen molar-refractivity contribution in [2.24, 2.45) is 4.99 Å². The molecule has 3 aromatic rings. The van der Waals surface area contributed by atoms with Crippen LogP contribution in [-0.2, 0) is 9.53 Å². The molecule has 1 atom stereocenters. The summed E-state index contributed by atoms with van der Waals surface area (Å²) in [6.45, 7) is 1.68. The Morgan fingerprint density at radius 2 is 1.94 bits per heavy atom. The number of esters is 1. The fourth-order valence-electron chi connectivity index (χ4n) is 3.43. The number of thiazole rings is 1. The van der Waals surface area contributed by atoms with Crippen LogP contribution in [0.15, 0.2) is 63.5 Å². The van der Waals surface area contributed by atoms with Crippen LogP contribution in [0.2, 0.25) is 10.0 Å². The van der Waals surface area contributed by atoms with Crippen LogP contribution in [0, 0.1) is 5.82 Å². The van der Waals surface area contributed by atoms with E-state index >= 15 is 0 Å². The number of nitrogens with zero attached hydrogens (tertiary/aromatic N) is 2. The fourth-order valence-corrected chi connectivity index (χ4v) is 4.80. The van der Waals surface area contributed by atoms with Gasteiger partial charge in [0, 0.05) is 10.6 Å². The first kappa shape index (κ1) is 21.5. The molecule has 0 saturated heterocycles. The summed E-state index contributed by atoms with van der Waals surface area (Å²) in [6.07, 6.45) is 1.40. The van der Waals surface area contributed by atoms with Crippen molar-refractivity contribution in [2.45, 2.75) is 13.0 Å². The third-order valence-electron chi connectivity index (χ3n) is 4.89. The van der Waals surface area contributed by atoms with E-state index in [1.54, 1.807) is 37.3 Å². The van der Waals surface area contributed by atoms with Gasteiger partial charge in [-0.1, -0.05) is 52.7 Å². The third-order valence-corrected chi connectivity index (χ3v) is 6.45. The lowest BCUT2D eigenvalue weighted by Gasteiger charge is -2.24. The summed E-state index contributed by atoms with van der Waals surface area (Å²) in [5.41, 5.74) is 1.03. The second-order valence-electron chi connectivity index (χ2n) is 6.76. The number of ether oxygens (including phenoxy) is 1. The normalized spacial score (nSPS) is 16.2. The molecule has 31 heavy (non-hydrogen) atoms. The van der Waals surface area contributed by atoms with Crippen LogP contribution in [0.1, 0.15) is 24.1 Å². The molecule has 0 amide bonds. The van der Waals surface area contributed by atoms with Crippen molar-refractivity contribution in [3.63, 3.8) is 0 Å². The smallest absolute Gasteiger partial charge is 0.338 e. The average Bonchev–Trinajstić information content (AvgIpc) is 3.04. The van der Waals surface area contributed by atoms with E-state index in [0.717, 1.165) is 11.3 Å². The molecule has 0 fully saturated rings. The Balaban J connectivity index is 2.01. The van der Waals surface area contributed by atoms with Crippen molar-refractivity contribution in [1.82, 2.24) is 4.57 Å². The van der Waals surface area contributed by atoms with Crippen molar-refractivity contribution < 1.29 is 13.9 Å². The first-order valence-electron chi connectivity index (χ1n) is 9.12. The van der Waals surface area contributed by atoms with E-state index in [-0.39, 0.29) is 20.7 Å². The van der Waals surface area contributed by atoms with Gasteiger partial charge in [-0.15, -0.1) is 0 Å². The topological polar surface area (TPSA) is 60.7 Å². The molecule has 0 N–H and O–H groups in total. The molecule has 2 aromatic carbocycles. The predicted octanol–water partition coefficient (Wildman–Crippen LogP) is 3.85. The maximum absolute atomic E-state index is 14.3. The van der Waals surface area contributed by atoms with E-state index < -0.39 is 23.4 Å². The van der Waals surface area contributed by atoms with Gasteiger partial charge in [0.1, 0.15) is 5.82 Å².